The van der Waals surface area contributed by atoms with Gasteiger partial charge in [0.1, 0.15) is 18.1 Å². The number of aryl methyl sites for hydroxylation is 5. The average Bonchev–Trinajstić information content (AvgIpc) is 3.12. The van der Waals surface area contributed by atoms with Crippen LogP contribution in [-0.4, -0.2) is 182 Å². The Morgan fingerprint density at radius 3 is 1.69 bits per heavy atom. The summed E-state index contributed by atoms with van der Waals surface area (Å²) in [5.41, 5.74) is 7.05. The van der Waals surface area contributed by atoms with E-state index in [9.17, 15) is 38.4 Å². The molecule has 2 unspecified atom stereocenters. The minimum Gasteiger partial charge on any atom is -0.480 e. The number of aliphatic carboxylic acids is 1. The predicted octanol–water partition coefficient (Wildman–Crippen LogP) is 3.81. The Kier molecular flexibility index (Phi) is 19.2. The summed E-state index contributed by atoms with van der Waals surface area (Å²) in [7, 11) is -0.769. The highest BCUT2D eigenvalue weighted by molar-refractivity contribution is 7.52. The molecule has 2 aromatic carbocycles. The Balaban J connectivity index is 1.77. The quantitative estimate of drug-likeness (QED) is 0.154. The number of rotatable bonds is 17. The fourth-order valence-corrected chi connectivity index (χ4v) is 8.89. The Morgan fingerprint density at radius 2 is 1.22 bits per heavy atom. The van der Waals surface area contributed by atoms with Crippen LogP contribution in [0.5, 0.6) is 5.75 Å². The van der Waals surface area contributed by atoms with E-state index >= 15 is 0 Å². The number of carboxylic acids is 1. The summed E-state index contributed by atoms with van der Waals surface area (Å²) >= 11 is 0. The molecule has 17 nitrogen and oxygen atoms in total. The first-order valence-corrected chi connectivity index (χ1v) is 23.1. The number of hydrogen-bond acceptors (Lipinski definition) is 12. The van der Waals surface area contributed by atoms with E-state index in [2.05, 4.69) is 32.9 Å². The van der Waals surface area contributed by atoms with Crippen molar-refractivity contribution in [2.75, 3.05) is 114 Å². The lowest BCUT2D eigenvalue weighted by atomic mass is 9.90. The number of hydrogen-bond donors (Lipinski definition) is 3. The molecule has 0 aromatic heterocycles. The van der Waals surface area contributed by atoms with Crippen LogP contribution in [0.1, 0.15) is 40.7 Å². The van der Waals surface area contributed by atoms with Crippen LogP contribution in [0.3, 0.4) is 0 Å². The Bertz CT molecular complexity index is 1800. The zero-order chi connectivity index (χ0) is 44.2. The fourth-order valence-electron chi connectivity index (χ4n) is 7.13. The van der Waals surface area contributed by atoms with Crippen LogP contribution in [0.15, 0.2) is 24.3 Å². The normalized spacial score (nSPS) is 18.2. The average molecular weight is 869 g/mol. The van der Waals surface area contributed by atoms with Crippen LogP contribution in [-0.2, 0) is 32.6 Å². The third-order valence-corrected chi connectivity index (χ3v) is 12.8. The molecule has 0 spiro atoms. The first-order chi connectivity index (χ1) is 27.5. The molecule has 0 radical (unpaired) electrons. The summed E-state index contributed by atoms with van der Waals surface area (Å²) in [6, 6.07) is 6.87. The number of likely N-dealkylation sites (N-methyl/N-ethyl adjacent to an activating group) is 2. The molecule has 1 fully saturated rings. The smallest absolute Gasteiger partial charge is 0.480 e. The third-order valence-electron chi connectivity index (χ3n) is 10.5. The molecule has 1 heterocycles. The molecule has 1 aliphatic heterocycles. The van der Waals surface area contributed by atoms with Crippen molar-refractivity contribution >= 4 is 33.2 Å². The molecule has 0 saturated carbocycles. The molecular formula is C40H66N6O11P2. The lowest BCUT2D eigenvalue weighted by Crippen LogP contribution is -2.52. The van der Waals surface area contributed by atoms with Crippen molar-refractivity contribution < 1.29 is 52.0 Å². The van der Waals surface area contributed by atoms with Crippen LogP contribution in [0.4, 0.5) is 0 Å². The predicted molar refractivity (Wildman–Crippen MR) is 228 cm³/mol. The number of amides is 2. The molecule has 2 aromatic rings. The molecule has 0 aliphatic carbocycles. The van der Waals surface area contributed by atoms with Crippen LogP contribution >= 0.6 is 15.4 Å². The number of phosphoric ester groups is 1. The van der Waals surface area contributed by atoms with Gasteiger partial charge in [-0.05, 0) is 93.0 Å². The Hall–Kier alpha value is -3.21. The second kappa shape index (κ2) is 22.6. The van der Waals surface area contributed by atoms with Crippen LogP contribution in [0, 0.1) is 34.6 Å². The molecule has 3 atom stereocenters. The highest BCUT2D eigenvalue weighted by atomic mass is 31.2. The maximum atomic E-state index is 13.2. The van der Waals surface area contributed by atoms with E-state index in [-0.39, 0.29) is 69.5 Å². The van der Waals surface area contributed by atoms with E-state index in [0.29, 0.717) is 44.8 Å². The van der Waals surface area contributed by atoms with Gasteiger partial charge >= 0.3 is 21.4 Å². The van der Waals surface area contributed by atoms with Crippen LogP contribution in [0.25, 0.3) is 11.1 Å². The molecule has 19 heteroatoms. The minimum atomic E-state index is -4.59. The van der Waals surface area contributed by atoms with Crippen molar-refractivity contribution in [1.29, 1.82) is 0 Å². The summed E-state index contributed by atoms with van der Waals surface area (Å²) < 4.78 is 41.5. The number of carbonyl (C=O) groups excluding carboxylic acids is 2. The number of benzene rings is 2. The number of carbonyl (C=O) groups is 3. The lowest BCUT2D eigenvalue weighted by molar-refractivity contribution is -0.144. The molecule has 2 amide bonds. The van der Waals surface area contributed by atoms with E-state index in [1.165, 1.54) is 22.5 Å². The SMILES string of the molecule is COP(=O)(O)CN1CCN(CC(=O)N(C)C)CCN([C@H](CCCOP(=O)(O)Oc2cc(C)c(-c3c(C)cc(C)cc3C)cc2C)C(=O)O)CCN(CC(=O)N(C)C)CC1. The summed E-state index contributed by atoms with van der Waals surface area (Å²) in [6.45, 7) is 12.1. The van der Waals surface area contributed by atoms with Gasteiger partial charge in [0.2, 0.25) is 11.8 Å². The van der Waals surface area contributed by atoms with Gasteiger partial charge < -0.3 is 28.8 Å². The van der Waals surface area contributed by atoms with E-state index in [1.807, 2.05) is 22.8 Å². The molecule has 0 bridgehead atoms. The van der Waals surface area contributed by atoms with Crippen molar-refractivity contribution in [3.63, 3.8) is 0 Å². The fraction of sp³-hybridized carbons (Fsp3) is 0.625. The monoisotopic (exact) mass is 868 g/mol. The van der Waals surface area contributed by atoms with Gasteiger partial charge in [-0.15, -0.1) is 0 Å². The van der Waals surface area contributed by atoms with Crippen molar-refractivity contribution in [2.45, 2.75) is 53.5 Å². The van der Waals surface area contributed by atoms with Gasteiger partial charge in [0, 0.05) is 87.7 Å². The van der Waals surface area contributed by atoms with E-state index in [4.69, 9.17) is 13.6 Å². The van der Waals surface area contributed by atoms with E-state index in [0.717, 1.165) is 27.8 Å². The van der Waals surface area contributed by atoms with Crippen molar-refractivity contribution in [2.24, 2.45) is 0 Å². The van der Waals surface area contributed by atoms with Crippen molar-refractivity contribution in [3.05, 3.63) is 52.1 Å². The van der Waals surface area contributed by atoms with E-state index in [1.54, 1.807) is 51.0 Å². The van der Waals surface area contributed by atoms with Gasteiger partial charge in [0.05, 0.1) is 19.7 Å². The third kappa shape index (κ3) is 16.0. The zero-order valence-electron chi connectivity index (χ0n) is 36.5. The molecule has 3 N–H and O–H groups in total. The molecule has 59 heavy (non-hydrogen) atoms. The number of nitrogens with zero attached hydrogens (tertiary/aromatic N) is 6. The summed E-state index contributed by atoms with van der Waals surface area (Å²) in [5.74, 6) is -1.20. The first-order valence-electron chi connectivity index (χ1n) is 19.8. The Morgan fingerprint density at radius 1 is 0.729 bits per heavy atom. The number of phosphoric acid groups is 1. The molecule has 332 valence electrons. The lowest BCUT2D eigenvalue weighted by Gasteiger charge is -2.36. The minimum absolute atomic E-state index is 0.0452. The van der Waals surface area contributed by atoms with Gasteiger partial charge in [-0.25, -0.2) is 4.57 Å². The van der Waals surface area contributed by atoms with Crippen molar-refractivity contribution in [3.8, 4) is 16.9 Å². The van der Waals surface area contributed by atoms with Crippen LogP contribution in [0.2, 0.25) is 0 Å². The maximum absolute atomic E-state index is 13.2. The second-order valence-electron chi connectivity index (χ2n) is 15.8. The maximum Gasteiger partial charge on any atom is 0.527 e. The summed E-state index contributed by atoms with van der Waals surface area (Å²) in [5, 5.41) is 10.5. The zero-order valence-corrected chi connectivity index (χ0v) is 38.3. The van der Waals surface area contributed by atoms with Gasteiger partial charge in [0.15, 0.2) is 0 Å². The van der Waals surface area contributed by atoms with Gasteiger partial charge in [-0.2, -0.15) is 0 Å². The highest BCUT2D eigenvalue weighted by Crippen LogP contribution is 2.46. The van der Waals surface area contributed by atoms with Crippen LogP contribution < -0.4 is 4.52 Å². The highest BCUT2D eigenvalue weighted by Gasteiger charge is 2.31. The molecule has 1 saturated heterocycles. The topological polar surface area (TPSA) is 193 Å². The molecule has 1 aliphatic rings. The largest absolute Gasteiger partial charge is 0.527 e. The summed E-state index contributed by atoms with van der Waals surface area (Å²) in [6.07, 6.45) is -0.0542. The molecular weight excluding hydrogens is 802 g/mol. The summed E-state index contributed by atoms with van der Waals surface area (Å²) in [4.78, 5) is 69.8. The van der Waals surface area contributed by atoms with E-state index < -0.39 is 27.4 Å². The second-order valence-corrected chi connectivity index (χ2v) is 19.1. The Labute approximate surface area is 349 Å². The van der Waals surface area contributed by atoms with Gasteiger partial charge in [0.25, 0.3) is 0 Å². The van der Waals surface area contributed by atoms with Crippen molar-refractivity contribution in [1.82, 2.24) is 29.4 Å². The van der Waals surface area contributed by atoms with Gasteiger partial charge in [-0.1, -0.05) is 17.7 Å². The van der Waals surface area contributed by atoms with Gasteiger partial charge in [-0.3, -0.25) is 48.0 Å². The molecule has 3 rings (SSSR count). The number of carboxylic acid groups (broad SMARTS) is 1. The standard InChI is InChI=1S/C40H66N6O11P2/c1-29-22-32(4)39(33(5)23-29)34-24-31(3)36(25-30(34)2)57-59(53,54)56-21-11-12-35(40(49)50)46-19-17-43(26-37(47)41(6)7)13-15-45(28-58(51,52)55-10)16-14-44(18-20-46)27-38(48)42(8)9/h22-25,35H,11-21,26-28H2,1-10H3,(H,49,50)(H,51,52)(H,53,54)/t35-/m1/s1. The first kappa shape index (κ1) is 50.1.